The lowest BCUT2D eigenvalue weighted by molar-refractivity contribution is 0.266. The van der Waals surface area contributed by atoms with E-state index in [-0.39, 0.29) is 5.75 Å². The molecule has 0 atom stereocenters. The van der Waals surface area contributed by atoms with Crippen molar-refractivity contribution in [1.82, 2.24) is 14.9 Å². The van der Waals surface area contributed by atoms with Crippen molar-refractivity contribution in [2.24, 2.45) is 0 Å². The summed E-state index contributed by atoms with van der Waals surface area (Å²) >= 11 is 0. The lowest BCUT2D eigenvalue weighted by Crippen LogP contribution is -2.47. The van der Waals surface area contributed by atoms with Crippen LogP contribution in [0.3, 0.4) is 0 Å². The van der Waals surface area contributed by atoms with Crippen LogP contribution in [0.5, 0.6) is 5.75 Å². The van der Waals surface area contributed by atoms with E-state index < -0.39 is 0 Å². The topological polar surface area (TPSA) is 52.5 Å². The molecule has 0 amide bonds. The summed E-state index contributed by atoms with van der Waals surface area (Å²) in [5.74, 6) is 2.25. The highest BCUT2D eigenvalue weighted by Crippen LogP contribution is 2.23. The fourth-order valence-corrected chi connectivity index (χ4v) is 2.12. The number of aromatic nitrogens is 2. The van der Waals surface area contributed by atoms with Crippen LogP contribution in [-0.4, -0.2) is 52.7 Å². The van der Waals surface area contributed by atoms with E-state index in [0.29, 0.717) is 5.82 Å². The summed E-state index contributed by atoms with van der Waals surface area (Å²) in [6, 6.07) is 0. The SMILES string of the molecule is C[C](C)CN1CCN(c2ncncc2O)CC1. The number of hydrogen-bond donors (Lipinski definition) is 1. The van der Waals surface area contributed by atoms with Gasteiger partial charge in [0.15, 0.2) is 11.6 Å². The van der Waals surface area contributed by atoms with Gasteiger partial charge in [-0.3, -0.25) is 4.90 Å². The molecule has 17 heavy (non-hydrogen) atoms. The van der Waals surface area contributed by atoms with Gasteiger partial charge in [-0.05, 0) is 5.92 Å². The molecule has 1 aliphatic rings. The maximum atomic E-state index is 9.69. The molecule has 0 aromatic carbocycles. The van der Waals surface area contributed by atoms with Crippen molar-refractivity contribution < 1.29 is 5.11 Å². The average molecular weight is 235 g/mol. The predicted octanol–water partition coefficient (Wildman–Crippen LogP) is 0.918. The first kappa shape index (κ1) is 12.1. The molecule has 2 heterocycles. The summed E-state index contributed by atoms with van der Waals surface area (Å²) in [6.45, 7) is 9.19. The van der Waals surface area contributed by atoms with Crippen molar-refractivity contribution in [2.75, 3.05) is 37.6 Å². The fourth-order valence-electron chi connectivity index (χ4n) is 2.12. The quantitative estimate of drug-likeness (QED) is 0.844. The van der Waals surface area contributed by atoms with Crippen LogP contribution in [0.25, 0.3) is 0 Å². The normalized spacial score (nSPS) is 17.7. The van der Waals surface area contributed by atoms with Crippen LogP contribution in [-0.2, 0) is 0 Å². The van der Waals surface area contributed by atoms with Gasteiger partial charge >= 0.3 is 0 Å². The Morgan fingerprint density at radius 1 is 1.29 bits per heavy atom. The Morgan fingerprint density at radius 2 is 2.00 bits per heavy atom. The molecular weight excluding hydrogens is 216 g/mol. The summed E-state index contributed by atoms with van der Waals surface area (Å²) in [5, 5.41) is 9.69. The molecule has 1 saturated heterocycles. The van der Waals surface area contributed by atoms with E-state index in [0.717, 1.165) is 32.7 Å². The van der Waals surface area contributed by atoms with Gasteiger partial charge in [-0.25, -0.2) is 9.97 Å². The molecule has 2 rings (SSSR count). The lowest BCUT2D eigenvalue weighted by Gasteiger charge is -2.36. The molecule has 1 aromatic rings. The largest absolute Gasteiger partial charge is 0.503 e. The number of piperazine rings is 1. The van der Waals surface area contributed by atoms with Crippen molar-refractivity contribution >= 4 is 5.82 Å². The molecule has 5 nitrogen and oxygen atoms in total. The van der Waals surface area contributed by atoms with Crippen LogP contribution >= 0.6 is 0 Å². The monoisotopic (exact) mass is 235 g/mol. The summed E-state index contributed by atoms with van der Waals surface area (Å²) in [5.41, 5.74) is 0. The molecular formula is C12H19N4O. The molecule has 0 aliphatic carbocycles. The minimum Gasteiger partial charge on any atom is -0.503 e. The third-order valence-electron chi connectivity index (χ3n) is 2.88. The van der Waals surface area contributed by atoms with Gasteiger partial charge in [-0.15, -0.1) is 0 Å². The number of rotatable bonds is 3. The summed E-state index contributed by atoms with van der Waals surface area (Å²) in [4.78, 5) is 12.5. The molecule has 0 saturated carbocycles. The second-order valence-corrected chi connectivity index (χ2v) is 4.70. The molecule has 93 valence electrons. The van der Waals surface area contributed by atoms with E-state index in [1.165, 1.54) is 18.4 Å². The Balaban J connectivity index is 1.93. The third kappa shape index (κ3) is 3.06. The van der Waals surface area contributed by atoms with Crippen molar-refractivity contribution in [2.45, 2.75) is 13.8 Å². The number of aromatic hydroxyl groups is 1. The molecule has 0 bridgehead atoms. The smallest absolute Gasteiger partial charge is 0.177 e. The Kier molecular flexibility index (Phi) is 3.78. The number of nitrogens with zero attached hydrogens (tertiary/aromatic N) is 4. The van der Waals surface area contributed by atoms with Gasteiger partial charge in [0, 0.05) is 32.7 Å². The van der Waals surface area contributed by atoms with E-state index >= 15 is 0 Å². The van der Waals surface area contributed by atoms with Crippen LogP contribution in [0, 0.1) is 5.92 Å². The number of hydrogen-bond acceptors (Lipinski definition) is 5. The van der Waals surface area contributed by atoms with Crippen molar-refractivity contribution in [3.05, 3.63) is 18.4 Å². The zero-order valence-corrected chi connectivity index (χ0v) is 10.4. The van der Waals surface area contributed by atoms with Crippen LogP contribution < -0.4 is 4.90 Å². The zero-order chi connectivity index (χ0) is 12.3. The fraction of sp³-hybridized carbons (Fsp3) is 0.583. The van der Waals surface area contributed by atoms with Crippen molar-refractivity contribution in [3.63, 3.8) is 0 Å². The second kappa shape index (κ2) is 5.31. The lowest BCUT2D eigenvalue weighted by atomic mass is 10.2. The Hall–Kier alpha value is -1.36. The summed E-state index contributed by atoms with van der Waals surface area (Å²) < 4.78 is 0. The maximum absolute atomic E-state index is 9.69. The van der Waals surface area contributed by atoms with E-state index in [1.807, 2.05) is 0 Å². The minimum absolute atomic E-state index is 0.166. The van der Waals surface area contributed by atoms with Crippen LogP contribution in [0.15, 0.2) is 12.5 Å². The standard InChI is InChI=1S/C12H19N4O/c1-10(2)8-15-3-5-16(6-4-15)12-11(17)7-13-9-14-12/h7,9,17H,3-6,8H2,1-2H3. The Morgan fingerprint density at radius 3 is 2.59 bits per heavy atom. The van der Waals surface area contributed by atoms with Crippen LogP contribution in [0.4, 0.5) is 5.82 Å². The maximum Gasteiger partial charge on any atom is 0.177 e. The molecule has 1 N–H and O–H groups in total. The summed E-state index contributed by atoms with van der Waals surface area (Å²) in [7, 11) is 0. The van der Waals surface area contributed by atoms with Gasteiger partial charge in [0.05, 0.1) is 6.20 Å². The van der Waals surface area contributed by atoms with Gasteiger partial charge < -0.3 is 10.0 Å². The second-order valence-electron chi connectivity index (χ2n) is 4.70. The van der Waals surface area contributed by atoms with E-state index in [9.17, 15) is 5.11 Å². The molecule has 5 heteroatoms. The highest BCUT2D eigenvalue weighted by molar-refractivity contribution is 5.49. The minimum atomic E-state index is 0.166. The van der Waals surface area contributed by atoms with Gasteiger partial charge in [0.25, 0.3) is 0 Å². The molecule has 1 aliphatic heterocycles. The first-order valence-corrected chi connectivity index (χ1v) is 5.92. The average Bonchev–Trinajstić information content (AvgIpc) is 2.30. The molecule has 1 radical (unpaired) electrons. The predicted molar refractivity (Wildman–Crippen MR) is 66.9 cm³/mol. The molecule has 1 aromatic heterocycles. The van der Waals surface area contributed by atoms with Gasteiger partial charge in [0.2, 0.25) is 0 Å². The van der Waals surface area contributed by atoms with Crippen LogP contribution in [0.1, 0.15) is 13.8 Å². The Labute approximate surface area is 102 Å². The van der Waals surface area contributed by atoms with E-state index in [4.69, 9.17) is 0 Å². The zero-order valence-electron chi connectivity index (χ0n) is 10.4. The third-order valence-corrected chi connectivity index (χ3v) is 2.88. The van der Waals surface area contributed by atoms with Gasteiger partial charge in [-0.1, -0.05) is 13.8 Å². The van der Waals surface area contributed by atoms with Crippen LogP contribution in [0.2, 0.25) is 0 Å². The van der Waals surface area contributed by atoms with Gasteiger partial charge in [-0.2, -0.15) is 0 Å². The highest BCUT2D eigenvalue weighted by atomic mass is 16.3. The molecule has 0 spiro atoms. The molecule has 1 fully saturated rings. The Bertz CT molecular complexity index is 361. The van der Waals surface area contributed by atoms with Gasteiger partial charge in [0.1, 0.15) is 6.33 Å². The first-order chi connectivity index (χ1) is 8.16. The first-order valence-electron chi connectivity index (χ1n) is 5.92. The van der Waals surface area contributed by atoms with Crippen molar-refractivity contribution in [1.29, 1.82) is 0 Å². The van der Waals surface area contributed by atoms with E-state index in [1.54, 1.807) is 0 Å². The summed E-state index contributed by atoms with van der Waals surface area (Å²) in [6.07, 6.45) is 2.92. The molecule has 0 unspecified atom stereocenters. The van der Waals surface area contributed by atoms with E-state index in [2.05, 4.69) is 33.6 Å². The highest BCUT2D eigenvalue weighted by Gasteiger charge is 2.20. The van der Waals surface area contributed by atoms with Crippen molar-refractivity contribution in [3.8, 4) is 5.75 Å². The number of anilines is 1.